The minimum Gasteiger partial charge on any atom is -0.265 e. The summed E-state index contributed by atoms with van der Waals surface area (Å²) in [6.45, 7) is 0. The fourth-order valence-corrected chi connectivity index (χ4v) is 6.57. The molecule has 5 nitrogen and oxygen atoms in total. The highest BCUT2D eigenvalue weighted by molar-refractivity contribution is 6.17. The molecule has 0 amide bonds. The molecule has 234 valence electrons. The van der Waals surface area contributed by atoms with Crippen LogP contribution in [0.25, 0.3) is 89.4 Å². The van der Waals surface area contributed by atoms with Gasteiger partial charge in [0.2, 0.25) is 0 Å². The topological polar surface area (TPSA) is 64.5 Å². The van der Waals surface area contributed by atoms with Gasteiger partial charge in [0.15, 0.2) is 17.5 Å². The van der Waals surface area contributed by atoms with Gasteiger partial charge in [-0.15, -0.1) is 0 Å². The maximum Gasteiger partial charge on any atom is 0.164 e. The van der Waals surface area contributed by atoms with Gasteiger partial charge in [0.05, 0.1) is 11.2 Å². The fourth-order valence-electron chi connectivity index (χ4n) is 6.57. The Bertz CT molecular complexity index is 2550. The molecule has 5 heteroatoms. The Morgan fingerprint density at radius 3 is 1.44 bits per heavy atom. The molecule has 0 atom stereocenters. The molecular formula is C45H29N5. The van der Waals surface area contributed by atoms with Crippen LogP contribution < -0.4 is 0 Å². The van der Waals surface area contributed by atoms with E-state index >= 15 is 0 Å². The molecule has 0 radical (unpaired) electrons. The van der Waals surface area contributed by atoms with Gasteiger partial charge in [-0.25, -0.2) is 19.9 Å². The molecule has 6 aromatic carbocycles. The van der Waals surface area contributed by atoms with Gasteiger partial charge in [-0.1, -0.05) is 146 Å². The van der Waals surface area contributed by atoms with Crippen molar-refractivity contribution in [3.05, 3.63) is 176 Å². The van der Waals surface area contributed by atoms with Crippen LogP contribution >= 0.6 is 0 Å². The molecule has 0 aliphatic heterocycles. The van der Waals surface area contributed by atoms with Gasteiger partial charge in [-0.2, -0.15) is 0 Å². The van der Waals surface area contributed by atoms with E-state index in [1.807, 2.05) is 85.2 Å². The Labute approximate surface area is 289 Å². The maximum atomic E-state index is 5.28. The second-order valence-electron chi connectivity index (χ2n) is 12.1. The van der Waals surface area contributed by atoms with Crippen LogP contribution in [-0.4, -0.2) is 24.9 Å². The van der Waals surface area contributed by atoms with Crippen molar-refractivity contribution in [3.8, 4) is 67.7 Å². The first-order chi connectivity index (χ1) is 24.8. The lowest BCUT2D eigenvalue weighted by Crippen LogP contribution is -2.00. The second-order valence-corrected chi connectivity index (χ2v) is 12.1. The molecule has 9 rings (SSSR count). The summed E-state index contributed by atoms with van der Waals surface area (Å²) in [4.78, 5) is 24.2. The van der Waals surface area contributed by atoms with Crippen molar-refractivity contribution in [3.63, 3.8) is 0 Å². The van der Waals surface area contributed by atoms with Crippen molar-refractivity contribution >= 4 is 21.7 Å². The van der Waals surface area contributed by atoms with E-state index in [2.05, 4.69) is 96.0 Å². The zero-order valence-electron chi connectivity index (χ0n) is 27.0. The number of fused-ring (bicyclic) bond motifs is 3. The Morgan fingerprint density at radius 2 is 0.840 bits per heavy atom. The van der Waals surface area contributed by atoms with Crippen LogP contribution in [0.4, 0.5) is 0 Å². The zero-order chi connectivity index (χ0) is 33.3. The summed E-state index contributed by atoms with van der Waals surface area (Å²) in [5.74, 6) is 1.92. The van der Waals surface area contributed by atoms with Gasteiger partial charge < -0.3 is 0 Å². The standard InChI is InChI=1S/C45H29N5/c1-4-11-31(12-5-1)37-17-10-18-39-41(37)38-24-23-36(29-40(38)47-42(39)32-25-27-46-28-26-32)30-19-21-35(22-20-30)45-49-43(33-13-6-2-7-14-33)48-44(50-45)34-15-8-3-9-16-34/h1-29H. The van der Waals surface area contributed by atoms with Crippen LogP contribution in [0.5, 0.6) is 0 Å². The Hall–Kier alpha value is -6.85. The van der Waals surface area contributed by atoms with E-state index < -0.39 is 0 Å². The van der Waals surface area contributed by atoms with Crippen LogP contribution in [0.2, 0.25) is 0 Å². The summed E-state index contributed by atoms with van der Waals surface area (Å²) in [5, 5.41) is 3.42. The first-order valence-corrected chi connectivity index (χ1v) is 16.6. The van der Waals surface area contributed by atoms with Gasteiger partial charge in [-0.05, 0) is 40.5 Å². The third-order valence-corrected chi connectivity index (χ3v) is 9.03. The molecule has 50 heavy (non-hydrogen) atoms. The molecular weight excluding hydrogens is 611 g/mol. The predicted octanol–water partition coefficient (Wildman–Crippen LogP) is 11.0. The number of hydrogen-bond donors (Lipinski definition) is 0. The van der Waals surface area contributed by atoms with Crippen molar-refractivity contribution in [1.82, 2.24) is 24.9 Å². The van der Waals surface area contributed by atoms with E-state index in [1.54, 1.807) is 0 Å². The summed E-state index contributed by atoms with van der Waals surface area (Å²) in [7, 11) is 0. The SMILES string of the molecule is c1ccc(-c2nc(-c3ccccc3)nc(-c3ccc(-c4ccc5c(c4)nc(-c4ccncc4)c4cccc(-c6ccccc6)c45)cc3)n2)cc1. The molecule has 0 bridgehead atoms. The van der Waals surface area contributed by atoms with Gasteiger partial charge in [0.25, 0.3) is 0 Å². The molecule has 0 fully saturated rings. The van der Waals surface area contributed by atoms with E-state index in [-0.39, 0.29) is 0 Å². The van der Waals surface area contributed by atoms with Crippen molar-refractivity contribution in [1.29, 1.82) is 0 Å². The fraction of sp³-hybridized carbons (Fsp3) is 0. The smallest absolute Gasteiger partial charge is 0.164 e. The molecule has 0 aliphatic carbocycles. The second kappa shape index (κ2) is 12.6. The van der Waals surface area contributed by atoms with Gasteiger partial charge in [-0.3, -0.25) is 4.98 Å². The van der Waals surface area contributed by atoms with Crippen LogP contribution in [0, 0.1) is 0 Å². The molecule has 3 aromatic heterocycles. The molecule has 0 aliphatic rings. The number of hydrogen-bond acceptors (Lipinski definition) is 5. The lowest BCUT2D eigenvalue weighted by atomic mass is 9.92. The third-order valence-electron chi connectivity index (χ3n) is 9.03. The van der Waals surface area contributed by atoms with E-state index in [4.69, 9.17) is 19.9 Å². The maximum absolute atomic E-state index is 5.28. The lowest BCUT2D eigenvalue weighted by Gasteiger charge is -2.15. The quantitative estimate of drug-likeness (QED) is 0.169. The summed E-state index contributed by atoms with van der Waals surface area (Å²) in [6.07, 6.45) is 3.65. The van der Waals surface area contributed by atoms with E-state index in [1.165, 1.54) is 16.5 Å². The molecule has 0 saturated heterocycles. The van der Waals surface area contributed by atoms with Gasteiger partial charge >= 0.3 is 0 Å². The van der Waals surface area contributed by atoms with Crippen molar-refractivity contribution in [2.75, 3.05) is 0 Å². The first-order valence-electron chi connectivity index (χ1n) is 16.6. The molecule has 0 spiro atoms. The summed E-state index contributed by atoms with van der Waals surface area (Å²) in [5.41, 5.74) is 10.3. The number of nitrogens with zero attached hydrogens (tertiary/aromatic N) is 5. The Morgan fingerprint density at radius 1 is 0.320 bits per heavy atom. The van der Waals surface area contributed by atoms with Crippen LogP contribution in [0.15, 0.2) is 176 Å². The van der Waals surface area contributed by atoms with E-state index in [0.717, 1.165) is 55.4 Å². The molecule has 3 heterocycles. The third kappa shape index (κ3) is 5.47. The summed E-state index contributed by atoms with van der Waals surface area (Å²) >= 11 is 0. The predicted molar refractivity (Wildman–Crippen MR) is 203 cm³/mol. The number of rotatable bonds is 6. The number of benzene rings is 6. The molecule has 9 aromatic rings. The van der Waals surface area contributed by atoms with Gasteiger partial charge in [0, 0.05) is 50.8 Å². The molecule has 0 unspecified atom stereocenters. The highest BCUT2D eigenvalue weighted by atomic mass is 15.0. The zero-order valence-corrected chi connectivity index (χ0v) is 27.0. The minimum atomic E-state index is 0.631. The van der Waals surface area contributed by atoms with Crippen molar-refractivity contribution in [2.24, 2.45) is 0 Å². The molecule has 0 N–H and O–H groups in total. The normalized spacial score (nSPS) is 11.2. The number of aromatic nitrogens is 5. The van der Waals surface area contributed by atoms with Crippen molar-refractivity contribution < 1.29 is 0 Å². The van der Waals surface area contributed by atoms with Gasteiger partial charge in [0.1, 0.15) is 0 Å². The van der Waals surface area contributed by atoms with Crippen LogP contribution in [-0.2, 0) is 0 Å². The van der Waals surface area contributed by atoms with Crippen molar-refractivity contribution in [2.45, 2.75) is 0 Å². The Balaban J connectivity index is 1.16. The highest BCUT2D eigenvalue weighted by Crippen LogP contribution is 2.39. The summed E-state index contributed by atoms with van der Waals surface area (Å²) in [6, 6.07) is 56.2. The van der Waals surface area contributed by atoms with Crippen LogP contribution in [0.1, 0.15) is 0 Å². The average Bonchev–Trinajstić information content (AvgIpc) is 3.21. The monoisotopic (exact) mass is 639 g/mol. The number of pyridine rings is 2. The highest BCUT2D eigenvalue weighted by Gasteiger charge is 2.16. The summed E-state index contributed by atoms with van der Waals surface area (Å²) < 4.78 is 0. The minimum absolute atomic E-state index is 0.631. The van der Waals surface area contributed by atoms with E-state index in [9.17, 15) is 0 Å². The lowest BCUT2D eigenvalue weighted by molar-refractivity contribution is 1.07. The largest absolute Gasteiger partial charge is 0.265 e. The van der Waals surface area contributed by atoms with E-state index in [0.29, 0.717) is 17.5 Å². The molecule has 0 saturated carbocycles. The van der Waals surface area contributed by atoms with Crippen LogP contribution in [0.3, 0.4) is 0 Å². The first kappa shape index (κ1) is 29.3. The average molecular weight is 640 g/mol. The Kier molecular flexibility index (Phi) is 7.41.